The Kier molecular flexibility index (Phi) is 5.75. The molecule has 0 aliphatic carbocycles. The van der Waals surface area contributed by atoms with Crippen LogP contribution in [0, 0.1) is 5.82 Å². The fourth-order valence-corrected chi connectivity index (χ4v) is 1.14. The molecule has 0 amide bonds. The van der Waals surface area contributed by atoms with Crippen LogP contribution in [0.4, 0.5) is 17.6 Å². The molecule has 0 saturated carbocycles. The number of hydrogen-bond donors (Lipinski definition) is 1. The molecule has 0 unspecified atom stereocenters. The van der Waals surface area contributed by atoms with E-state index in [1.165, 1.54) is 24.3 Å². The molecule has 1 aromatic carbocycles. The SMILES string of the molecule is C[C@H](NCC(F)(F)F)c1ccc(F)cc1.Cl. The average Bonchev–Trinajstić information content (AvgIpc) is 2.14. The largest absolute Gasteiger partial charge is 0.401 e. The molecule has 0 saturated heterocycles. The summed E-state index contributed by atoms with van der Waals surface area (Å²) in [6.07, 6.45) is -4.23. The van der Waals surface area contributed by atoms with Crippen LogP contribution in [0.1, 0.15) is 18.5 Å². The van der Waals surface area contributed by atoms with Gasteiger partial charge in [-0.25, -0.2) is 4.39 Å². The van der Waals surface area contributed by atoms with E-state index in [1.807, 2.05) is 0 Å². The molecule has 92 valence electrons. The maximum Gasteiger partial charge on any atom is 0.401 e. The lowest BCUT2D eigenvalue weighted by Gasteiger charge is -2.15. The maximum absolute atomic E-state index is 12.5. The van der Waals surface area contributed by atoms with Gasteiger partial charge < -0.3 is 5.32 Å². The molecule has 0 aliphatic rings. The highest BCUT2D eigenvalue weighted by atomic mass is 35.5. The van der Waals surface area contributed by atoms with Crippen LogP contribution < -0.4 is 5.32 Å². The molecule has 0 heterocycles. The summed E-state index contributed by atoms with van der Waals surface area (Å²) in [6.45, 7) is 0.546. The van der Waals surface area contributed by atoms with Crippen molar-refractivity contribution in [2.24, 2.45) is 0 Å². The Labute approximate surface area is 97.3 Å². The molecule has 0 fully saturated rings. The normalized spacial score (nSPS) is 13.1. The number of benzene rings is 1. The third-order valence-corrected chi connectivity index (χ3v) is 1.98. The summed E-state index contributed by atoms with van der Waals surface area (Å²) in [4.78, 5) is 0. The van der Waals surface area contributed by atoms with Gasteiger partial charge >= 0.3 is 6.18 Å². The van der Waals surface area contributed by atoms with E-state index < -0.39 is 24.6 Å². The summed E-state index contributed by atoms with van der Waals surface area (Å²) in [5.41, 5.74) is 0.626. The lowest BCUT2D eigenvalue weighted by molar-refractivity contribution is -0.126. The van der Waals surface area contributed by atoms with Gasteiger partial charge in [-0.15, -0.1) is 12.4 Å². The van der Waals surface area contributed by atoms with Crippen molar-refractivity contribution in [1.29, 1.82) is 0 Å². The zero-order chi connectivity index (χ0) is 11.5. The van der Waals surface area contributed by atoms with Gasteiger partial charge in [0.1, 0.15) is 5.82 Å². The van der Waals surface area contributed by atoms with Crippen LogP contribution in [0.15, 0.2) is 24.3 Å². The Morgan fingerprint density at radius 2 is 1.69 bits per heavy atom. The van der Waals surface area contributed by atoms with Gasteiger partial charge in [-0.3, -0.25) is 0 Å². The van der Waals surface area contributed by atoms with E-state index in [1.54, 1.807) is 6.92 Å². The van der Waals surface area contributed by atoms with Crippen molar-refractivity contribution in [1.82, 2.24) is 5.32 Å². The Morgan fingerprint density at radius 3 is 2.12 bits per heavy atom. The number of nitrogens with one attached hydrogen (secondary N) is 1. The van der Waals surface area contributed by atoms with Gasteiger partial charge in [0, 0.05) is 6.04 Å². The molecule has 0 aromatic heterocycles. The smallest absolute Gasteiger partial charge is 0.302 e. The maximum atomic E-state index is 12.5. The van der Waals surface area contributed by atoms with Gasteiger partial charge in [-0.1, -0.05) is 12.1 Å². The van der Waals surface area contributed by atoms with E-state index in [9.17, 15) is 17.6 Å². The first-order valence-electron chi connectivity index (χ1n) is 4.44. The number of rotatable bonds is 3. The molecule has 0 radical (unpaired) electrons. The van der Waals surface area contributed by atoms with Gasteiger partial charge in [0.2, 0.25) is 0 Å². The van der Waals surface area contributed by atoms with Crippen molar-refractivity contribution in [3.63, 3.8) is 0 Å². The van der Waals surface area contributed by atoms with E-state index in [0.29, 0.717) is 5.56 Å². The predicted molar refractivity (Wildman–Crippen MR) is 56.1 cm³/mol. The highest BCUT2D eigenvalue weighted by Crippen LogP contribution is 2.17. The third-order valence-electron chi connectivity index (χ3n) is 1.98. The van der Waals surface area contributed by atoms with Crippen LogP contribution in [-0.4, -0.2) is 12.7 Å². The van der Waals surface area contributed by atoms with Crippen molar-refractivity contribution >= 4 is 12.4 Å². The lowest BCUT2D eigenvalue weighted by Crippen LogP contribution is -2.30. The van der Waals surface area contributed by atoms with Gasteiger partial charge in [-0.2, -0.15) is 13.2 Å². The van der Waals surface area contributed by atoms with Crippen molar-refractivity contribution < 1.29 is 17.6 Å². The second-order valence-corrected chi connectivity index (χ2v) is 3.27. The van der Waals surface area contributed by atoms with E-state index in [2.05, 4.69) is 5.32 Å². The zero-order valence-electron chi connectivity index (χ0n) is 8.51. The molecule has 1 rings (SSSR count). The monoisotopic (exact) mass is 257 g/mol. The van der Waals surface area contributed by atoms with Gasteiger partial charge in [0.25, 0.3) is 0 Å². The number of hydrogen-bond acceptors (Lipinski definition) is 1. The van der Waals surface area contributed by atoms with E-state index in [0.717, 1.165) is 0 Å². The Bertz CT molecular complexity index is 310. The summed E-state index contributed by atoms with van der Waals surface area (Å²) >= 11 is 0. The van der Waals surface area contributed by atoms with Gasteiger partial charge in [-0.05, 0) is 24.6 Å². The second kappa shape index (κ2) is 6.06. The summed E-state index contributed by atoms with van der Waals surface area (Å²) in [5.74, 6) is -0.401. The lowest BCUT2D eigenvalue weighted by atomic mass is 10.1. The number of halogens is 5. The number of alkyl halides is 3. The van der Waals surface area contributed by atoms with Crippen molar-refractivity contribution in [3.8, 4) is 0 Å². The molecule has 1 N–H and O–H groups in total. The van der Waals surface area contributed by atoms with Crippen LogP contribution >= 0.6 is 12.4 Å². The first-order valence-corrected chi connectivity index (χ1v) is 4.44. The summed E-state index contributed by atoms with van der Waals surface area (Å²) in [6, 6.07) is 4.92. The van der Waals surface area contributed by atoms with Crippen LogP contribution in [-0.2, 0) is 0 Å². The molecule has 0 bridgehead atoms. The first-order chi connectivity index (χ1) is 6.88. The molecule has 16 heavy (non-hydrogen) atoms. The fraction of sp³-hybridized carbons (Fsp3) is 0.400. The molecule has 1 atom stereocenters. The van der Waals surface area contributed by atoms with E-state index in [-0.39, 0.29) is 12.4 Å². The summed E-state index contributed by atoms with van der Waals surface area (Å²) in [5, 5.41) is 2.31. The third kappa shape index (κ3) is 5.32. The minimum Gasteiger partial charge on any atom is -0.302 e. The Balaban J connectivity index is 0.00000225. The quantitative estimate of drug-likeness (QED) is 0.818. The van der Waals surface area contributed by atoms with E-state index in [4.69, 9.17) is 0 Å². The average molecular weight is 258 g/mol. The minimum atomic E-state index is -4.23. The molecule has 0 spiro atoms. The molecule has 6 heteroatoms. The van der Waals surface area contributed by atoms with Crippen LogP contribution in [0.2, 0.25) is 0 Å². The highest BCUT2D eigenvalue weighted by molar-refractivity contribution is 5.85. The Hall–Kier alpha value is -0.810. The van der Waals surface area contributed by atoms with Gasteiger partial charge in [0.15, 0.2) is 0 Å². The predicted octanol–water partition coefficient (Wildman–Crippen LogP) is 3.46. The molecular weight excluding hydrogens is 246 g/mol. The summed E-state index contributed by atoms with van der Waals surface area (Å²) < 4.78 is 48.1. The fourth-order valence-electron chi connectivity index (χ4n) is 1.14. The molecule has 1 nitrogen and oxygen atoms in total. The molecular formula is C10H12ClF4N. The topological polar surface area (TPSA) is 12.0 Å². The van der Waals surface area contributed by atoms with E-state index >= 15 is 0 Å². The standard InChI is InChI=1S/C10H11F4N.ClH/c1-7(15-6-10(12,13)14)8-2-4-9(11)5-3-8;/h2-5,7,15H,6H2,1H3;1H/t7-;/m0./s1. The van der Waals surface area contributed by atoms with Crippen LogP contribution in [0.25, 0.3) is 0 Å². The van der Waals surface area contributed by atoms with Crippen molar-refractivity contribution in [2.45, 2.75) is 19.1 Å². The molecule has 1 aromatic rings. The van der Waals surface area contributed by atoms with Crippen molar-refractivity contribution in [2.75, 3.05) is 6.54 Å². The van der Waals surface area contributed by atoms with Gasteiger partial charge in [0.05, 0.1) is 6.54 Å². The zero-order valence-corrected chi connectivity index (χ0v) is 9.33. The highest BCUT2D eigenvalue weighted by Gasteiger charge is 2.27. The van der Waals surface area contributed by atoms with Crippen molar-refractivity contribution in [3.05, 3.63) is 35.6 Å². The minimum absolute atomic E-state index is 0. The molecule has 0 aliphatic heterocycles. The van der Waals surface area contributed by atoms with Crippen LogP contribution in [0.5, 0.6) is 0 Å². The van der Waals surface area contributed by atoms with Crippen LogP contribution in [0.3, 0.4) is 0 Å². The summed E-state index contributed by atoms with van der Waals surface area (Å²) in [7, 11) is 0. The Morgan fingerprint density at radius 1 is 1.19 bits per heavy atom. The first kappa shape index (κ1) is 15.2. The second-order valence-electron chi connectivity index (χ2n) is 3.27.